The van der Waals surface area contributed by atoms with Gasteiger partial charge in [-0.3, -0.25) is 4.79 Å². The molecule has 0 aliphatic heterocycles. The zero-order chi connectivity index (χ0) is 20.2. The summed E-state index contributed by atoms with van der Waals surface area (Å²) >= 11 is 0. The van der Waals surface area contributed by atoms with Crippen molar-refractivity contribution in [3.8, 4) is 11.5 Å². The molecule has 0 aromatic heterocycles. The van der Waals surface area contributed by atoms with E-state index in [1.54, 1.807) is 44.2 Å². The van der Waals surface area contributed by atoms with E-state index in [0.29, 0.717) is 28.3 Å². The minimum atomic E-state index is -3.84. The normalized spacial score (nSPS) is 12.3. The van der Waals surface area contributed by atoms with Gasteiger partial charge in [-0.2, -0.15) is 0 Å². The van der Waals surface area contributed by atoms with Gasteiger partial charge in [0, 0.05) is 24.2 Å². The van der Waals surface area contributed by atoms with Crippen LogP contribution in [0.5, 0.6) is 11.5 Å². The van der Waals surface area contributed by atoms with Crippen LogP contribution in [0.2, 0.25) is 0 Å². The molecule has 27 heavy (non-hydrogen) atoms. The van der Waals surface area contributed by atoms with E-state index in [0.717, 1.165) is 0 Å². The molecule has 2 aromatic rings. The number of carbonyl (C=O) groups is 1. The summed E-state index contributed by atoms with van der Waals surface area (Å²) < 4.78 is 39.1. The van der Waals surface area contributed by atoms with Crippen LogP contribution >= 0.6 is 0 Å². The second kappa shape index (κ2) is 8.41. The van der Waals surface area contributed by atoms with Crippen LogP contribution in [0.15, 0.2) is 41.3 Å². The summed E-state index contributed by atoms with van der Waals surface area (Å²) in [6.45, 7) is 4.79. The Kier molecular flexibility index (Phi) is 6.45. The number of rotatable bonds is 7. The number of ether oxygens (including phenoxy) is 2. The molecule has 0 spiro atoms. The number of nitrogens with one attached hydrogen (secondary N) is 2. The summed E-state index contributed by atoms with van der Waals surface area (Å²) in [6.07, 6.45) is 0. The number of hydrogen-bond acceptors (Lipinski definition) is 5. The van der Waals surface area contributed by atoms with Crippen molar-refractivity contribution >= 4 is 21.6 Å². The molecule has 1 amide bonds. The highest BCUT2D eigenvalue weighted by atomic mass is 32.2. The Morgan fingerprint density at radius 3 is 2.37 bits per heavy atom. The lowest BCUT2D eigenvalue weighted by atomic mass is 10.1. The van der Waals surface area contributed by atoms with Crippen LogP contribution < -0.4 is 19.5 Å². The lowest BCUT2D eigenvalue weighted by Crippen LogP contribution is -2.28. The number of methoxy groups -OCH3 is 2. The fourth-order valence-corrected chi connectivity index (χ4v) is 4.20. The third-order valence-electron chi connectivity index (χ3n) is 4.03. The van der Waals surface area contributed by atoms with Crippen LogP contribution in [0.25, 0.3) is 0 Å². The number of hydrogen-bond donors (Lipinski definition) is 2. The summed E-state index contributed by atoms with van der Waals surface area (Å²) in [4.78, 5) is 11.4. The van der Waals surface area contributed by atoms with Gasteiger partial charge in [0.2, 0.25) is 15.9 Å². The molecule has 0 saturated carbocycles. The number of benzene rings is 2. The van der Waals surface area contributed by atoms with Gasteiger partial charge < -0.3 is 14.8 Å². The van der Waals surface area contributed by atoms with Gasteiger partial charge in [0.1, 0.15) is 11.5 Å². The van der Waals surface area contributed by atoms with E-state index in [4.69, 9.17) is 9.47 Å². The first-order chi connectivity index (χ1) is 12.7. The molecule has 0 aliphatic rings. The van der Waals surface area contributed by atoms with E-state index in [9.17, 15) is 13.2 Å². The van der Waals surface area contributed by atoms with Crippen molar-refractivity contribution < 1.29 is 22.7 Å². The highest BCUT2D eigenvalue weighted by molar-refractivity contribution is 7.89. The smallest absolute Gasteiger partial charge is 0.241 e. The largest absolute Gasteiger partial charge is 0.497 e. The van der Waals surface area contributed by atoms with E-state index >= 15 is 0 Å². The molecule has 2 rings (SSSR count). The van der Waals surface area contributed by atoms with Gasteiger partial charge in [-0.05, 0) is 49.7 Å². The van der Waals surface area contributed by atoms with Crippen molar-refractivity contribution in [2.24, 2.45) is 0 Å². The summed E-state index contributed by atoms with van der Waals surface area (Å²) in [5, 5.41) is 2.60. The highest BCUT2D eigenvalue weighted by Crippen LogP contribution is 2.30. The van der Waals surface area contributed by atoms with E-state index in [1.807, 2.05) is 0 Å². The molecule has 1 unspecified atom stereocenters. The Morgan fingerprint density at radius 2 is 1.78 bits per heavy atom. The first-order valence-electron chi connectivity index (χ1n) is 8.30. The van der Waals surface area contributed by atoms with Crippen molar-refractivity contribution in [2.45, 2.75) is 31.7 Å². The monoisotopic (exact) mass is 392 g/mol. The Bertz CT molecular complexity index is 941. The number of anilines is 1. The maximum Gasteiger partial charge on any atom is 0.241 e. The van der Waals surface area contributed by atoms with Crippen LogP contribution in [0.4, 0.5) is 5.69 Å². The third-order valence-corrected chi connectivity index (χ3v) is 5.72. The van der Waals surface area contributed by atoms with E-state index in [-0.39, 0.29) is 10.8 Å². The molecule has 7 nitrogen and oxygen atoms in total. The minimum absolute atomic E-state index is 0.0995. The molecule has 0 radical (unpaired) electrons. The van der Waals surface area contributed by atoms with Gasteiger partial charge in [0.15, 0.2) is 0 Å². The van der Waals surface area contributed by atoms with Gasteiger partial charge in [-0.15, -0.1) is 0 Å². The van der Waals surface area contributed by atoms with Crippen LogP contribution in [0, 0.1) is 6.92 Å². The number of carbonyl (C=O) groups excluding carboxylic acids is 1. The molecular formula is C19H24N2O5S. The predicted molar refractivity (Wildman–Crippen MR) is 104 cm³/mol. The molecule has 0 saturated heterocycles. The zero-order valence-electron chi connectivity index (χ0n) is 16.0. The topological polar surface area (TPSA) is 93.7 Å². The lowest BCUT2D eigenvalue weighted by molar-refractivity contribution is -0.114. The molecule has 2 aromatic carbocycles. The van der Waals surface area contributed by atoms with E-state index < -0.39 is 16.1 Å². The second-order valence-corrected chi connectivity index (χ2v) is 7.79. The lowest BCUT2D eigenvalue weighted by Gasteiger charge is -2.19. The fourth-order valence-electron chi connectivity index (χ4n) is 2.71. The number of aryl methyl sites for hydroxylation is 1. The van der Waals surface area contributed by atoms with Crippen LogP contribution in [-0.2, 0) is 14.8 Å². The van der Waals surface area contributed by atoms with Gasteiger partial charge in [-0.1, -0.05) is 6.07 Å². The van der Waals surface area contributed by atoms with Crippen molar-refractivity contribution in [1.82, 2.24) is 4.72 Å². The summed E-state index contributed by atoms with van der Waals surface area (Å²) in [7, 11) is -0.778. The fraction of sp³-hybridized carbons (Fsp3) is 0.316. The Labute approximate surface area is 159 Å². The van der Waals surface area contributed by atoms with Crippen LogP contribution in [0.1, 0.15) is 31.0 Å². The molecule has 0 aliphatic carbocycles. The average molecular weight is 392 g/mol. The number of amides is 1. The maximum absolute atomic E-state index is 12.9. The minimum Gasteiger partial charge on any atom is -0.497 e. The Hall–Kier alpha value is -2.58. The van der Waals surface area contributed by atoms with E-state index in [1.165, 1.54) is 27.2 Å². The van der Waals surface area contributed by atoms with Crippen molar-refractivity contribution in [3.05, 3.63) is 47.5 Å². The third kappa shape index (κ3) is 4.99. The van der Waals surface area contributed by atoms with Gasteiger partial charge in [-0.25, -0.2) is 13.1 Å². The Morgan fingerprint density at radius 1 is 1.07 bits per heavy atom. The highest BCUT2D eigenvalue weighted by Gasteiger charge is 2.23. The average Bonchev–Trinajstić information content (AvgIpc) is 2.61. The quantitative estimate of drug-likeness (QED) is 0.755. The molecule has 0 heterocycles. The molecule has 8 heteroatoms. The summed E-state index contributed by atoms with van der Waals surface area (Å²) in [6, 6.07) is 9.37. The van der Waals surface area contributed by atoms with Crippen LogP contribution in [-0.4, -0.2) is 28.5 Å². The van der Waals surface area contributed by atoms with Gasteiger partial charge in [0.25, 0.3) is 0 Å². The predicted octanol–water partition coefficient (Wildman–Crippen LogP) is 3.01. The number of sulfonamides is 1. The molecule has 0 fully saturated rings. The van der Waals surface area contributed by atoms with Crippen molar-refractivity contribution in [1.29, 1.82) is 0 Å². The van der Waals surface area contributed by atoms with E-state index in [2.05, 4.69) is 10.0 Å². The molecule has 2 N–H and O–H groups in total. The maximum atomic E-state index is 12.9. The molecular weight excluding hydrogens is 368 g/mol. The van der Waals surface area contributed by atoms with Crippen molar-refractivity contribution in [2.75, 3.05) is 19.5 Å². The summed E-state index contributed by atoms with van der Waals surface area (Å²) in [5.41, 5.74) is 1.64. The SMILES string of the molecule is COc1ccc(OC)c(C(C)NS(=O)(=O)c2cc(NC(C)=O)ccc2C)c1. The Balaban J connectivity index is 2.37. The van der Waals surface area contributed by atoms with Gasteiger partial charge >= 0.3 is 0 Å². The van der Waals surface area contributed by atoms with Gasteiger partial charge in [0.05, 0.1) is 19.1 Å². The van der Waals surface area contributed by atoms with Crippen molar-refractivity contribution in [3.63, 3.8) is 0 Å². The second-order valence-electron chi connectivity index (χ2n) is 6.11. The standard InChI is InChI=1S/C19H24N2O5S/c1-12-6-7-15(20-14(3)22)10-19(12)27(23,24)21-13(2)17-11-16(25-4)8-9-18(17)26-5/h6-11,13,21H,1-5H3,(H,20,22). The molecule has 0 bridgehead atoms. The zero-order valence-corrected chi connectivity index (χ0v) is 16.8. The first-order valence-corrected chi connectivity index (χ1v) is 9.78. The van der Waals surface area contributed by atoms with Crippen LogP contribution in [0.3, 0.4) is 0 Å². The molecule has 1 atom stereocenters. The first kappa shape index (κ1) is 20.7. The molecule has 146 valence electrons. The summed E-state index contributed by atoms with van der Waals surface area (Å²) in [5.74, 6) is 0.875.